The summed E-state index contributed by atoms with van der Waals surface area (Å²) in [7, 11) is 1.65. The van der Waals surface area contributed by atoms with Gasteiger partial charge >= 0.3 is 0 Å². The molecule has 1 saturated heterocycles. The Morgan fingerprint density at radius 3 is 2.30 bits per heavy atom. The van der Waals surface area contributed by atoms with Gasteiger partial charge in [0.15, 0.2) is 0 Å². The van der Waals surface area contributed by atoms with Crippen LogP contribution in [0.4, 0.5) is 5.69 Å². The molecule has 0 N–H and O–H groups in total. The van der Waals surface area contributed by atoms with Crippen LogP contribution in [0.15, 0.2) is 18.2 Å². The Bertz CT molecular complexity index is 653. The fraction of sp³-hybridized carbons (Fsp3) is 0.385. The zero-order chi connectivity index (χ0) is 14.9. The van der Waals surface area contributed by atoms with Gasteiger partial charge in [0.05, 0.1) is 11.4 Å². The number of halogens is 1. The normalized spacial score (nSPS) is 16.0. The number of carbonyl (C=O) groups is 2. The quantitative estimate of drug-likeness (QED) is 0.627. The minimum absolute atomic E-state index is 0.143. The van der Waals surface area contributed by atoms with Crippen molar-refractivity contribution in [3.05, 3.63) is 29.3 Å². The van der Waals surface area contributed by atoms with Crippen LogP contribution in [0.2, 0.25) is 0 Å². The number of rotatable bonds is 4. The number of aryl methyl sites for hydroxylation is 2. The van der Waals surface area contributed by atoms with Gasteiger partial charge in [0.2, 0.25) is 20.9 Å². The summed E-state index contributed by atoms with van der Waals surface area (Å²) >= 11 is 0. The van der Waals surface area contributed by atoms with E-state index in [4.69, 9.17) is 10.7 Å². The van der Waals surface area contributed by atoms with Crippen molar-refractivity contribution in [3.63, 3.8) is 0 Å². The molecule has 1 heterocycles. The summed E-state index contributed by atoms with van der Waals surface area (Å²) in [6, 6.07) is 5.10. The SMILES string of the molecule is Cc1cc(N2C(=O)CCC2=O)ccc1CCS(=O)(=O)Cl. The van der Waals surface area contributed by atoms with E-state index in [-0.39, 0.29) is 30.4 Å². The maximum atomic E-state index is 11.6. The molecule has 7 heteroatoms. The molecule has 0 radical (unpaired) electrons. The molecule has 0 bridgehead atoms. The predicted molar refractivity (Wildman–Crippen MR) is 76.2 cm³/mol. The van der Waals surface area contributed by atoms with E-state index in [1.54, 1.807) is 18.2 Å². The molecule has 0 aromatic heterocycles. The van der Waals surface area contributed by atoms with E-state index in [9.17, 15) is 18.0 Å². The smallest absolute Gasteiger partial charge is 0.234 e. The lowest BCUT2D eigenvalue weighted by Crippen LogP contribution is -2.28. The van der Waals surface area contributed by atoms with E-state index >= 15 is 0 Å². The van der Waals surface area contributed by atoms with Crippen molar-refractivity contribution in [1.29, 1.82) is 0 Å². The molecule has 0 atom stereocenters. The van der Waals surface area contributed by atoms with Gasteiger partial charge in [-0.25, -0.2) is 8.42 Å². The molecular formula is C13H14ClNO4S. The van der Waals surface area contributed by atoms with E-state index in [0.717, 1.165) is 11.1 Å². The molecule has 2 rings (SSSR count). The van der Waals surface area contributed by atoms with Gasteiger partial charge in [-0.1, -0.05) is 6.07 Å². The van der Waals surface area contributed by atoms with Crippen molar-refractivity contribution in [1.82, 2.24) is 0 Å². The maximum absolute atomic E-state index is 11.6. The van der Waals surface area contributed by atoms with Crippen molar-refractivity contribution < 1.29 is 18.0 Å². The van der Waals surface area contributed by atoms with E-state index < -0.39 is 9.05 Å². The fourth-order valence-corrected chi connectivity index (χ4v) is 2.89. The number of benzene rings is 1. The number of nitrogens with zero attached hydrogens (tertiary/aromatic N) is 1. The first-order valence-electron chi connectivity index (χ1n) is 6.15. The third-order valence-corrected chi connectivity index (χ3v) is 4.41. The molecule has 1 aliphatic heterocycles. The molecule has 1 aromatic carbocycles. The first kappa shape index (κ1) is 15.0. The zero-order valence-corrected chi connectivity index (χ0v) is 12.5. The standard InChI is InChI=1S/C13H14ClNO4S/c1-9-8-11(15-12(16)4-5-13(15)17)3-2-10(9)6-7-20(14,18)19/h2-3,8H,4-7H2,1H3. The van der Waals surface area contributed by atoms with Crippen LogP contribution in [-0.4, -0.2) is 26.0 Å². The summed E-state index contributed by atoms with van der Waals surface area (Å²) < 4.78 is 21.9. The lowest BCUT2D eigenvalue weighted by Gasteiger charge is -2.16. The number of amides is 2. The van der Waals surface area contributed by atoms with Gasteiger partial charge in [-0.15, -0.1) is 0 Å². The van der Waals surface area contributed by atoms with Crippen molar-refractivity contribution in [2.45, 2.75) is 26.2 Å². The molecule has 0 aliphatic carbocycles. The second-order valence-corrected chi connectivity index (χ2v) is 7.62. The molecule has 20 heavy (non-hydrogen) atoms. The molecule has 1 fully saturated rings. The van der Waals surface area contributed by atoms with Crippen molar-refractivity contribution in [2.75, 3.05) is 10.7 Å². The summed E-state index contributed by atoms with van der Waals surface area (Å²) in [6.45, 7) is 1.81. The molecule has 1 aromatic rings. The number of hydrogen-bond acceptors (Lipinski definition) is 4. The molecule has 5 nitrogen and oxygen atoms in total. The Morgan fingerprint density at radius 2 is 1.80 bits per heavy atom. The highest BCUT2D eigenvalue weighted by molar-refractivity contribution is 8.13. The maximum Gasteiger partial charge on any atom is 0.234 e. The molecule has 1 aliphatic rings. The monoisotopic (exact) mass is 315 g/mol. The van der Waals surface area contributed by atoms with Gasteiger partial charge in [-0.3, -0.25) is 14.5 Å². The lowest BCUT2D eigenvalue weighted by molar-refractivity contribution is -0.121. The summed E-state index contributed by atoms with van der Waals surface area (Å²) in [6.07, 6.45) is 0.786. The average Bonchev–Trinajstić information content (AvgIpc) is 2.66. The molecule has 108 valence electrons. The highest BCUT2D eigenvalue weighted by atomic mass is 35.7. The minimum Gasteiger partial charge on any atom is -0.274 e. The fourth-order valence-electron chi connectivity index (χ4n) is 2.20. The molecule has 2 amide bonds. The summed E-state index contributed by atoms with van der Waals surface area (Å²) in [5, 5.41) is 0. The van der Waals surface area contributed by atoms with Crippen LogP contribution in [0.1, 0.15) is 24.0 Å². The van der Waals surface area contributed by atoms with E-state index in [0.29, 0.717) is 12.1 Å². The first-order chi connectivity index (χ1) is 9.28. The van der Waals surface area contributed by atoms with Gasteiger partial charge in [0.1, 0.15) is 0 Å². The second kappa shape index (κ2) is 5.54. The summed E-state index contributed by atoms with van der Waals surface area (Å²) in [5.74, 6) is -0.549. The number of imide groups is 1. The topological polar surface area (TPSA) is 71.5 Å². The second-order valence-electron chi connectivity index (χ2n) is 4.73. The molecular weight excluding hydrogens is 302 g/mol. The average molecular weight is 316 g/mol. The minimum atomic E-state index is -3.53. The van der Waals surface area contributed by atoms with E-state index in [1.165, 1.54) is 4.90 Å². The Morgan fingerprint density at radius 1 is 1.20 bits per heavy atom. The lowest BCUT2D eigenvalue weighted by atomic mass is 10.1. The van der Waals surface area contributed by atoms with Gasteiger partial charge in [-0.05, 0) is 36.6 Å². The van der Waals surface area contributed by atoms with Gasteiger partial charge in [0, 0.05) is 23.5 Å². The van der Waals surface area contributed by atoms with Crippen molar-refractivity contribution in [3.8, 4) is 0 Å². The van der Waals surface area contributed by atoms with Crippen molar-refractivity contribution >= 4 is 37.2 Å². The largest absolute Gasteiger partial charge is 0.274 e. The first-order valence-corrected chi connectivity index (χ1v) is 8.63. The van der Waals surface area contributed by atoms with Crippen LogP contribution in [0.5, 0.6) is 0 Å². The summed E-state index contributed by atoms with van der Waals surface area (Å²) in [4.78, 5) is 24.5. The van der Waals surface area contributed by atoms with Gasteiger partial charge < -0.3 is 0 Å². The Kier molecular flexibility index (Phi) is 4.15. The van der Waals surface area contributed by atoms with Gasteiger partial charge in [0.25, 0.3) is 0 Å². The number of anilines is 1. The highest BCUT2D eigenvalue weighted by Crippen LogP contribution is 2.25. The van der Waals surface area contributed by atoms with Gasteiger partial charge in [-0.2, -0.15) is 0 Å². The zero-order valence-electron chi connectivity index (χ0n) is 10.9. The van der Waals surface area contributed by atoms with Crippen LogP contribution < -0.4 is 4.90 Å². The van der Waals surface area contributed by atoms with Crippen molar-refractivity contribution in [2.24, 2.45) is 0 Å². The molecule has 0 saturated carbocycles. The van der Waals surface area contributed by atoms with Crippen LogP contribution in [-0.2, 0) is 25.1 Å². The molecule has 0 unspecified atom stereocenters. The van der Waals surface area contributed by atoms with Crippen LogP contribution in [0.3, 0.4) is 0 Å². The Balaban J connectivity index is 2.22. The third kappa shape index (κ3) is 3.37. The third-order valence-electron chi connectivity index (χ3n) is 3.25. The summed E-state index contributed by atoms with van der Waals surface area (Å²) in [5.41, 5.74) is 2.19. The number of carbonyl (C=O) groups excluding carboxylic acids is 2. The van der Waals surface area contributed by atoms with E-state index in [2.05, 4.69) is 0 Å². The Labute approximate surface area is 121 Å². The van der Waals surface area contributed by atoms with Crippen LogP contribution in [0, 0.1) is 6.92 Å². The molecule has 0 spiro atoms. The number of hydrogen-bond donors (Lipinski definition) is 0. The van der Waals surface area contributed by atoms with Crippen LogP contribution >= 0.6 is 10.7 Å². The Hall–Kier alpha value is -1.40. The van der Waals surface area contributed by atoms with E-state index in [1.807, 2.05) is 6.92 Å². The highest BCUT2D eigenvalue weighted by Gasteiger charge is 2.30. The van der Waals surface area contributed by atoms with Crippen LogP contribution in [0.25, 0.3) is 0 Å². The predicted octanol–water partition coefficient (Wildman–Crippen LogP) is 1.76.